The van der Waals surface area contributed by atoms with Gasteiger partial charge in [0.2, 0.25) is 0 Å². The van der Waals surface area contributed by atoms with Gasteiger partial charge >= 0.3 is 0 Å². The lowest BCUT2D eigenvalue weighted by Gasteiger charge is -2.26. The highest BCUT2D eigenvalue weighted by molar-refractivity contribution is 7.80. The smallest absolute Gasteiger partial charge is 0.120 e. The molecule has 3 aromatic carbocycles. The molecule has 3 rings (SSSR count). The number of ether oxygens (including phenoxy) is 1. The van der Waals surface area contributed by atoms with Gasteiger partial charge in [-0.2, -0.15) is 0 Å². The molecule has 4 nitrogen and oxygen atoms in total. The Hall–Kier alpha value is -2.31. The second-order valence-electron chi connectivity index (χ2n) is 7.71. The summed E-state index contributed by atoms with van der Waals surface area (Å²) in [4.78, 5) is 0.808. The third kappa shape index (κ3) is 5.31. The molecule has 0 unspecified atom stereocenters. The highest BCUT2D eigenvalue weighted by Crippen LogP contribution is 2.35. The second-order valence-corrected chi connectivity index (χ2v) is 8.19. The van der Waals surface area contributed by atoms with Gasteiger partial charge in [-0.15, -0.1) is 12.6 Å². The third-order valence-electron chi connectivity index (χ3n) is 5.87. The fourth-order valence-electron chi connectivity index (χ4n) is 3.71. The lowest BCUT2D eigenvalue weighted by atomic mass is 9.87. The predicted octanol–water partition coefficient (Wildman–Crippen LogP) is 5.21. The van der Waals surface area contributed by atoms with E-state index in [0.717, 1.165) is 38.5 Å². The van der Waals surface area contributed by atoms with Crippen LogP contribution in [0.25, 0.3) is 11.1 Å². The van der Waals surface area contributed by atoms with Crippen molar-refractivity contribution >= 4 is 12.6 Å². The van der Waals surface area contributed by atoms with Crippen molar-refractivity contribution in [1.82, 2.24) is 0 Å². The molecule has 0 aliphatic heterocycles. The Morgan fingerprint density at radius 2 is 1.61 bits per heavy atom. The molecule has 0 spiro atoms. The molecule has 0 fully saturated rings. The zero-order valence-corrected chi connectivity index (χ0v) is 18.9. The number of aliphatic hydroxyl groups excluding tert-OH is 2. The van der Waals surface area contributed by atoms with Gasteiger partial charge in [-0.25, -0.2) is 0 Å². The molecule has 0 bridgehead atoms. The largest absolute Gasteiger partial charge is 0.489 e. The number of hydrogen-bond donors (Lipinski definition) is 4. The molecule has 3 N–H and O–H groups in total. The van der Waals surface area contributed by atoms with E-state index in [0.29, 0.717) is 25.0 Å². The normalized spacial score (nSPS) is 11.5. The van der Waals surface area contributed by atoms with Crippen LogP contribution in [-0.2, 0) is 25.4 Å². The number of hydrogen-bond acceptors (Lipinski definition) is 5. The van der Waals surface area contributed by atoms with Crippen LogP contribution in [0.1, 0.15) is 48.9 Å². The first-order valence-corrected chi connectivity index (χ1v) is 11.0. The van der Waals surface area contributed by atoms with Crippen LogP contribution in [-0.4, -0.2) is 15.3 Å². The third-order valence-corrected chi connectivity index (χ3v) is 6.24. The van der Waals surface area contributed by atoms with Crippen LogP contribution in [0.2, 0.25) is 0 Å². The van der Waals surface area contributed by atoms with E-state index < -0.39 is 5.60 Å². The first-order chi connectivity index (χ1) is 14.9. The maximum Gasteiger partial charge on any atom is 0.120 e. The number of benzene rings is 3. The van der Waals surface area contributed by atoms with E-state index in [1.807, 2.05) is 74.5 Å². The molecule has 3 aromatic rings. The molecule has 0 atom stereocenters. The number of thiol groups is 1. The molecule has 0 saturated heterocycles. The minimum absolute atomic E-state index is 0.0994. The van der Waals surface area contributed by atoms with E-state index in [-0.39, 0.29) is 13.2 Å². The average molecular weight is 439 g/mol. The second kappa shape index (κ2) is 10.3. The quantitative estimate of drug-likeness (QED) is 0.346. The van der Waals surface area contributed by atoms with Crippen molar-refractivity contribution in [1.29, 1.82) is 0 Å². The molecule has 0 aliphatic carbocycles. The molecule has 0 heterocycles. The van der Waals surface area contributed by atoms with Gasteiger partial charge in [-0.05, 0) is 70.5 Å². The molecular weight excluding hydrogens is 408 g/mol. The van der Waals surface area contributed by atoms with Gasteiger partial charge in [0.15, 0.2) is 0 Å². The van der Waals surface area contributed by atoms with E-state index in [2.05, 4.69) is 12.6 Å². The van der Waals surface area contributed by atoms with E-state index in [4.69, 9.17) is 4.74 Å². The van der Waals surface area contributed by atoms with Gasteiger partial charge < -0.3 is 20.1 Å². The summed E-state index contributed by atoms with van der Waals surface area (Å²) in [5.41, 5.74) is 4.35. The van der Waals surface area contributed by atoms with Crippen LogP contribution >= 0.6 is 12.6 Å². The SMILES string of the molecule is CCC(O)(CC)c1ccc(-c2cccc(OCc3ccc(CO)c(CO)c3)c2)c(S)c1. The minimum Gasteiger partial charge on any atom is -0.489 e. The van der Waals surface area contributed by atoms with E-state index in [1.54, 1.807) is 0 Å². The average Bonchev–Trinajstić information content (AvgIpc) is 2.82. The predicted molar refractivity (Wildman–Crippen MR) is 126 cm³/mol. The van der Waals surface area contributed by atoms with Gasteiger partial charge in [0.25, 0.3) is 0 Å². The topological polar surface area (TPSA) is 69.9 Å². The molecule has 0 aliphatic rings. The van der Waals surface area contributed by atoms with E-state index in [9.17, 15) is 15.3 Å². The molecule has 31 heavy (non-hydrogen) atoms. The standard InChI is InChI=1S/C26H30O4S/c1-3-26(29,4-2)22-10-11-24(25(31)14-22)19-6-5-7-23(13-19)30-17-18-8-9-20(15-27)21(12-18)16-28/h5-14,27-29,31H,3-4,15-17H2,1-2H3. The Morgan fingerprint density at radius 3 is 2.26 bits per heavy atom. The first kappa shape index (κ1) is 23.4. The Balaban J connectivity index is 1.79. The van der Waals surface area contributed by atoms with Crippen molar-refractivity contribution < 1.29 is 20.1 Å². The van der Waals surface area contributed by atoms with Crippen LogP contribution in [0.5, 0.6) is 5.75 Å². The first-order valence-electron chi connectivity index (χ1n) is 10.6. The Bertz CT molecular complexity index is 1030. The minimum atomic E-state index is -0.833. The summed E-state index contributed by atoms with van der Waals surface area (Å²) in [5, 5.41) is 29.6. The summed E-state index contributed by atoms with van der Waals surface area (Å²) >= 11 is 4.68. The van der Waals surface area contributed by atoms with Crippen molar-refractivity contribution in [2.24, 2.45) is 0 Å². The molecule has 0 saturated carbocycles. The number of rotatable bonds is 9. The van der Waals surface area contributed by atoms with Crippen molar-refractivity contribution in [2.45, 2.75) is 57.0 Å². The molecule has 0 radical (unpaired) electrons. The van der Waals surface area contributed by atoms with Gasteiger partial charge in [0.1, 0.15) is 12.4 Å². The van der Waals surface area contributed by atoms with E-state index in [1.165, 1.54) is 0 Å². The van der Waals surface area contributed by atoms with Gasteiger partial charge in [0.05, 0.1) is 18.8 Å². The Kier molecular flexibility index (Phi) is 7.79. The summed E-state index contributed by atoms with van der Waals surface area (Å²) in [6, 6.07) is 19.3. The van der Waals surface area contributed by atoms with Gasteiger partial charge in [-0.3, -0.25) is 0 Å². The fraction of sp³-hybridized carbons (Fsp3) is 0.308. The molecule has 0 aromatic heterocycles. The van der Waals surface area contributed by atoms with Crippen molar-refractivity contribution in [3.63, 3.8) is 0 Å². The maximum absolute atomic E-state index is 10.8. The summed E-state index contributed by atoms with van der Waals surface area (Å²) < 4.78 is 5.97. The highest BCUT2D eigenvalue weighted by Gasteiger charge is 2.25. The zero-order chi connectivity index (χ0) is 22.4. The number of aliphatic hydroxyl groups is 3. The van der Waals surface area contributed by atoms with Gasteiger partial charge in [-0.1, -0.05) is 50.2 Å². The van der Waals surface area contributed by atoms with E-state index >= 15 is 0 Å². The van der Waals surface area contributed by atoms with Crippen molar-refractivity contribution in [3.8, 4) is 16.9 Å². The molecule has 0 amide bonds. The van der Waals surface area contributed by atoms with Crippen molar-refractivity contribution in [2.75, 3.05) is 0 Å². The van der Waals surface area contributed by atoms with Crippen LogP contribution in [0.4, 0.5) is 0 Å². The van der Waals surface area contributed by atoms with Crippen LogP contribution in [0.3, 0.4) is 0 Å². The monoisotopic (exact) mass is 438 g/mol. The summed E-state index contributed by atoms with van der Waals surface area (Å²) in [6.45, 7) is 4.10. The van der Waals surface area contributed by atoms with Crippen LogP contribution in [0.15, 0.2) is 65.6 Å². The summed E-state index contributed by atoms with van der Waals surface area (Å²) in [5.74, 6) is 0.727. The Morgan fingerprint density at radius 1 is 0.871 bits per heavy atom. The Labute approximate surface area is 189 Å². The lowest BCUT2D eigenvalue weighted by molar-refractivity contribution is 0.0282. The zero-order valence-electron chi connectivity index (χ0n) is 18.0. The van der Waals surface area contributed by atoms with Crippen molar-refractivity contribution in [3.05, 3.63) is 82.9 Å². The summed E-state index contributed by atoms with van der Waals surface area (Å²) in [6.07, 6.45) is 1.30. The molecule has 5 heteroatoms. The maximum atomic E-state index is 10.8. The van der Waals surface area contributed by atoms with Crippen LogP contribution < -0.4 is 4.74 Å². The lowest BCUT2D eigenvalue weighted by Crippen LogP contribution is -2.23. The highest BCUT2D eigenvalue weighted by atomic mass is 32.1. The molecule has 164 valence electrons. The van der Waals surface area contributed by atoms with Crippen LogP contribution in [0, 0.1) is 0 Å². The molecular formula is C26H30O4S. The fourth-order valence-corrected chi connectivity index (χ4v) is 4.06. The summed E-state index contributed by atoms with van der Waals surface area (Å²) in [7, 11) is 0. The van der Waals surface area contributed by atoms with Gasteiger partial charge in [0, 0.05) is 4.90 Å².